The first kappa shape index (κ1) is 16.9. The first-order valence-electron chi connectivity index (χ1n) is 7.58. The zero-order valence-electron chi connectivity index (χ0n) is 13.3. The molecule has 0 unspecified atom stereocenters. The van der Waals surface area contributed by atoms with Crippen LogP contribution >= 0.6 is 11.3 Å². The third-order valence-electron chi connectivity index (χ3n) is 3.37. The van der Waals surface area contributed by atoms with Crippen LogP contribution in [0.25, 0.3) is 11.3 Å². The highest BCUT2D eigenvalue weighted by Gasteiger charge is 2.07. The summed E-state index contributed by atoms with van der Waals surface area (Å²) in [5.41, 5.74) is 2.41. The summed E-state index contributed by atoms with van der Waals surface area (Å²) in [5.74, 6) is -0.111. The number of hydrogen-bond donors (Lipinski definition) is 1. The van der Waals surface area contributed by atoms with Crippen LogP contribution in [0.3, 0.4) is 0 Å². The highest BCUT2D eigenvalue weighted by molar-refractivity contribution is 7.07. The Bertz CT molecular complexity index is 971. The van der Waals surface area contributed by atoms with Crippen molar-refractivity contribution in [2.45, 2.75) is 0 Å². The number of rotatable bonds is 5. The fraction of sp³-hybridized carbons (Fsp3) is 0.0526. The normalized spacial score (nSPS) is 12.0. The van der Waals surface area contributed by atoms with Gasteiger partial charge in [0.2, 0.25) is 4.80 Å². The average molecular weight is 353 g/mol. The maximum Gasteiger partial charge on any atom is 0.206 e. The quantitative estimate of drug-likeness (QED) is 0.546. The molecular formula is C19H16FN3OS. The molecule has 0 aliphatic rings. The van der Waals surface area contributed by atoms with E-state index in [2.05, 4.69) is 16.7 Å². The Kier molecular flexibility index (Phi) is 5.20. The average Bonchev–Trinajstić information content (AvgIpc) is 3.01. The second kappa shape index (κ2) is 7.72. The molecule has 0 aliphatic carbocycles. The third kappa shape index (κ3) is 4.10. The second-order valence-electron chi connectivity index (χ2n) is 5.19. The van der Waals surface area contributed by atoms with E-state index < -0.39 is 0 Å². The van der Waals surface area contributed by atoms with Crippen LogP contribution in [-0.2, 0) is 0 Å². The van der Waals surface area contributed by atoms with Gasteiger partial charge < -0.3 is 5.11 Å². The number of hydrogen-bond acceptors (Lipinski definition) is 4. The number of benzene rings is 2. The van der Waals surface area contributed by atoms with Crippen LogP contribution in [0.2, 0.25) is 0 Å². The number of aromatic hydroxyl groups is 1. The molecule has 0 bridgehead atoms. The topological polar surface area (TPSA) is 49.9 Å². The summed E-state index contributed by atoms with van der Waals surface area (Å²) in [7, 11) is 0. The van der Waals surface area contributed by atoms with E-state index in [1.54, 1.807) is 47.3 Å². The molecule has 4 nitrogen and oxygen atoms in total. The Morgan fingerprint density at radius 1 is 1.20 bits per heavy atom. The Hall–Kier alpha value is -2.99. The number of halogens is 1. The summed E-state index contributed by atoms with van der Waals surface area (Å²) in [4.78, 5) is 5.15. The van der Waals surface area contributed by atoms with Crippen molar-refractivity contribution in [3.63, 3.8) is 0 Å². The van der Waals surface area contributed by atoms with Crippen LogP contribution in [0.5, 0.6) is 5.75 Å². The minimum Gasteiger partial charge on any atom is -0.508 e. The zero-order chi connectivity index (χ0) is 17.6. The van der Waals surface area contributed by atoms with Gasteiger partial charge in [0.15, 0.2) is 0 Å². The van der Waals surface area contributed by atoms with E-state index in [1.165, 1.54) is 23.5 Å². The monoisotopic (exact) mass is 353 g/mol. The fourth-order valence-corrected chi connectivity index (χ4v) is 3.06. The van der Waals surface area contributed by atoms with Crippen molar-refractivity contribution < 1.29 is 9.50 Å². The van der Waals surface area contributed by atoms with E-state index in [1.807, 2.05) is 11.4 Å². The van der Waals surface area contributed by atoms with Crippen molar-refractivity contribution in [1.29, 1.82) is 0 Å². The van der Waals surface area contributed by atoms with Crippen molar-refractivity contribution in [3.05, 3.63) is 82.7 Å². The molecule has 3 rings (SSSR count). The lowest BCUT2D eigenvalue weighted by atomic mass is 10.2. The van der Waals surface area contributed by atoms with Crippen molar-refractivity contribution >= 4 is 17.6 Å². The summed E-state index contributed by atoms with van der Waals surface area (Å²) in [5, 5.41) is 16.0. The van der Waals surface area contributed by atoms with Gasteiger partial charge in [0.25, 0.3) is 0 Å². The predicted molar refractivity (Wildman–Crippen MR) is 99.4 cm³/mol. The van der Waals surface area contributed by atoms with E-state index in [0.717, 1.165) is 16.8 Å². The van der Waals surface area contributed by atoms with Gasteiger partial charge in [-0.25, -0.2) is 9.07 Å². The molecule has 126 valence electrons. The molecule has 2 aromatic carbocycles. The number of thiazole rings is 1. The number of phenols is 1. The van der Waals surface area contributed by atoms with Gasteiger partial charge in [-0.3, -0.25) is 4.99 Å². The molecular weight excluding hydrogens is 337 g/mol. The molecule has 0 atom stereocenters. The molecule has 1 heterocycles. The van der Waals surface area contributed by atoms with Gasteiger partial charge in [-0.05, 0) is 42.0 Å². The molecule has 3 aromatic rings. The van der Waals surface area contributed by atoms with Gasteiger partial charge in [-0.15, -0.1) is 17.9 Å². The largest absolute Gasteiger partial charge is 0.508 e. The SMILES string of the molecule is C=CCN=c1scc(-c2ccc(F)cc2)n1N=Cc1cccc(O)c1. The van der Waals surface area contributed by atoms with Gasteiger partial charge in [-0.2, -0.15) is 5.10 Å². The molecule has 25 heavy (non-hydrogen) atoms. The second-order valence-corrected chi connectivity index (χ2v) is 6.03. The maximum atomic E-state index is 13.2. The molecule has 0 saturated heterocycles. The lowest BCUT2D eigenvalue weighted by Gasteiger charge is -2.03. The summed E-state index contributed by atoms with van der Waals surface area (Å²) in [6, 6.07) is 13.0. The fourth-order valence-electron chi connectivity index (χ4n) is 2.21. The van der Waals surface area contributed by atoms with Crippen molar-refractivity contribution in [1.82, 2.24) is 4.68 Å². The Morgan fingerprint density at radius 3 is 2.72 bits per heavy atom. The lowest BCUT2D eigenvalue weighted by molar-refractivity contribution is 0.475. The molecule has 0 saturated carbocycles. The zero-order valence-corrected chi connectivity index (χ0v) is 14.2. The standard InChI is InChI=1S/C19H16FN3OS/c1-2-10-21-19-23(22-12-14-4-3-5-17(24)11-14)18(13-25-19)15-6-8-16(20)9-7-15/h2-9,11-13,24H,1,10H2. The molecule has 0 fully saturated rings. The van der Waals surface area contributed by atoms with Gasteiger partial charge in [-0.1, -0.05) is 18.2 Å². The molecule has 0 amide bonds. The van der Waals surface area contributed by atoms with Crippen LogP contribution in [-0.4, -0.2) is 22.5 Å². The Morgan fingerprint density at radius 2 is 2.00 bits per heavy atom. The van der Waals surface area contributed by atoms with E-state index >= 15 is 0 Å². The molecule has 0 aliphatic heterocycles. The smallest absolute Gasteiger partial charge is 0.206 e. The summed E-state index contributed by atoms with van der Waals surface area (Å²) < 4.78 is 14.9. The molecule has 1 N–H and O–H groups in total. The van der Waals surface area contributed by atoms with E-state index in [-0.39, 0.29) is 11.6 Å². The van der Waals surface area contributed by atoms with Crippen LogP contribution in [0.4, 0.5) is 4.39 Å². The number of phenolic OH excluding ortho intramolecular Hbond substituents is 1. The van der Waals surface area contributed by atoms with Crippen molar-refractivity contribution in [2.75, 3.05) is 6.54 Å². The highest BCUT2D eigenvalue weighted by Crippen LogP contribution is 2.20. The molecule has 6 heteroatoms. The number of nitrogens with zero attached hydrogens (tertiary/aromatic N) is 3. The van der Waals surface area contributed by atoms with Gasteiger partial charge in [0.1, 0.15) is 11.6 Å². The summed E-state index contributed by atoms with van der Waals surface area (Å²) >= 11 is 1.45. The lowest BCUT2D eigenvalue weighted by Crippen LogP contribution is -2.12. The predicted octanol–water partition coefficient (Wildman–Crippen LogP) is 4.03. The van der Waals surface area contributed by atoms with Crippen molar-refractivity contribution in [2.24, 2.45) is 10.1 Å². The van der Waals surface area contributed by atoms with Crippen molar-refractivity contribution in [3.8, 4) is 17.0 Å². The van der Waals surface area contributed by atoms with Crippen LogP contribution < -0.4 is 4.80 Å². The number of aromatic nitrogens is 1. The van der Waals surface area contributed by atoms with Crippen LogP contribution in [0.15, 0.2) is 76.7 Å². The maximum absolute atomic E-state index is 13.2. The summed E-state index contributed by atoms with van der Waals surface area (Å²) in [6.07, 6.45) is 3.35. The van der Waals surface area contributed by atoms with Gasteiger partial charge >= 0.3 is 0 Å². The molecule has 0 spiro atoms. The molecule has 1 aromatic heterocycles. The van der Waals surface area contributed by atoms with E-state index in [0.29, 0.717) is 11.3 Å². The van der Waals surface area contributed by atoms with Crippen LogP contribution in [0, 0.1) is 5.82 Å². The van der Waals surface area contributed by atoms with Crippen LogP contribution in [0.1, 0.15) is 5.56 Å². The first-order valence-corrected chi connectivity index (χ1v) is 8.46. The highest BCUT2D eigenvalue weighted by atomic mass is 32.1. The Labute approximate surface area is 148 Å². The summed E-state index contributed by atoms with van der Waals surface area (Å²) in [6.45, 7) is 4.15. The minimum atomic E-state index is -0.287. The minimum absolute atomic E-state index is 0.176. The first-order chi connectivity index (χ1) is 12.2. The molecule has 0 radical (unpaired) electrons. The van der Waals surface area contributed by atoms with Gasteiger partial charge in [0, 0.05) is 10.9 Å². The van der Waals surface area contributed by atoms with E-state index in [4.69, 9.17) is 0 Å². The third-order valence-corrected chi connectivity index (χ3v) is 4.23. The van der Waals surface area contributed by atoms with Gasteiger partial charge in [0.05, 0.1) is 18.5 Å². The Balaban J connectivity index is 2.06. The van der Waals surface area contributed by atoms with E-state index in [9.17, 15) is 9.50 Å².